The zero-order valence-electron chi connectivity index (χ0n) is 10.7. The number of nitrogens with zero attached hydrogens (tertiary/aromatic N) is 1. The summed E-state index contributed by atoms with van der Waals surface area (Å²) in [6.45, 7) is 8.06. The number of H-pyrrole nitrogens is 1. The number of hydrogen-bond donors (Lipinski definition) is 2. The topological polar surface area (TPSA) is 67.0 Å². The van der Waals surface area contributed by atoms with Crippen molar-refractivity contribution in [3.63, 3.8) is 0 Å². The van der Waals surface area contributed by atoms with Gasteiger partial charge in [0.2, 0.25) is 0 Å². The first-order chi connectivity index (χ1) is 7.80. The number of ether oxygens (including phenoxy) is 1. The molecule has 1 amide bonds. The first-order valence-corrected chi connectivity index (χ1v) is 5.81. The second kappa shape index (κ2) is 3.84. The van der Waals surface area contributed by atoms with Crippen LogP contribution in [0.15, 0.2) is 12.4 Å². The lowest BCUT2D eigenvalue weighted by Crippen LogP contribution is -2.46. The molecule has 5 nitrogen and oxygen atoms in total. The number of hydrogen-bond acceptors (Lipinski definition) is 3. The number of amides is 1. The Kier molecular flexibility index (Phi) is 2.73. The predicted octanol–water partition coefficient (Wildman–Crippen LogP) is 1.49. The smallest absolute Gasteiger partial charge is 0.287 e. The van der Waals surface area contributed by atoms with Crippen LogP contribution in [0.4, 0.5) is 0 Å². The monoisotopic (exact) mass is 237 g/mol. The fourth-order valence-corrected chi connectivity index (χ4v) is 2.40. The third-order valence-corrected chi connectivity index (χ3v) is 3.09. The van der Waals surface area contributed by atoms with Gasteiger partial charge >= 0.3 is 0 Å². The molecule has 0 spiro atoms. The molecule has 0 unspecified atom stereocenters. The van der Waals surface area contributed by atoms with Crippen LogP contribution in [-0.2, 0) is 4.74 Å². The van der Waals surface area contributed by atoms with Crippen LogP contribution in [0, 0.1) is 0 Å². The van der Waals surface area contributed by atoms with Crippen molar-refractivity contribution in [3.05, 3.63) is 18.2 Å². The first-order valence-electron chi connectivity index (χ1n) is 5.81. The quantitative estimate of drug-likeness (QED) is 0.818. The van der Waals surface area contributed by atoms with Crippen molar-refractivity contribution in [3.8, 4) is 0 Å². The normalized spacial score (nSPS) is 25.8. The summed E-state index contributed by atoms with van der Waals surface area (Å²) in [7, 11) is 0. The Balaban J connectivity index is 2.07. The number of carbonyl (C=O) groups is 1. The minimum absolute atomic E-state index is 0.00454. The maximum atomic E-state index is 11.9. The van der Waals surface area contributed by atoms with Gasteiger partial charge in [-0.1, -0.05) is 0 Å². The molecule has 0 aliphatic carbocycles. The predicted molar refractivity (Wildman–Crippen MR) is 63.7 cm³/mol. The van der Waals surface area contributed by atoms with Crippen molar-refractivity contribution in [2.75, 3.05) is 0 Å². The zero-order chi connectivity index (χ0) is 12.7. The van der Waals surface area contributed by atoms with Crippen LogP contribution >= 0.6 is 0 Å². The summed E-state index contributed by atoms with van der Waals surface area (Å²) < 4.78 is 5.92. The number of aromatic amines is 1. The molecule has 0 aromatic carbocycles. The van der Waals surface area contributed by atoms with E-state index in [9.17, 15) is 4.79 Å². The van der Waals surface area contributed by atoms with Gasteiger partial charge in [-0.2, -0.15) is 0 Å². The molecule has 0 radical (unpaired) electrons. The summed E-state index contributed by atoms with van der Waals surface area (Å²) in [4.78, 5) is 18.6. The third-order valence-electron chi connectivity index (χ3n) is 3.09. The number of aromatic nitrogens is 2. The minimum Gasteiger partial charge on any atom is -0.367 e. The van der Waals surface area contributed by atoms with E-state index in [1.54, 1.807) is 12.4 Å². The maximum absolute atomic E-state index is 11.9. The number of nitrogens with one attached hydrogen (secondary N) is 2. The Labute approximate surface area is 101 Å². The molecule has 1 saturated heterocycles. The molecule has 5 heteroatoms. The Morgan fingerprint density at radius 1 is 1.53 bits per heavy atom. The van der Waals surface area contributed by atoms with Crippen LogP contribution in [0.5, 0.6) is 0 Å². The Morgan fingerprint density at radius 2 is 2.24 bits per heavy atom. The molecule has 94 valence electrons. The third kappa shape index (κ3) is 2.49. The highest BCUT2D eigenvalue weighted by Crippen LogP contribution is 2.37. The summed E-state index contributed by atoms with van der Waals surface area (Å²) in [5, 5.41) is 2.97. The Morgan fingerprint density at radius 3 is 2.71 bits per heavy atom. The van der Waals surface area contributed by atoms with E-state index >= 15 is 0 Å². The molecule has 1 aromatic heterocycles. The van der Waals surface area contributed by atoms with Crippen LogP contribution in [0.1, 0.15) is 44.7 Å². The Bertz CT molecular complexity index is 409. The fourth-order valence-electron chi connectivity index (χ4n) is 2.40. The van der Waals surface area contributed by atoms with E-state index in [2.05, 4.69) is 15.3 Å². The molecule has 0 saturated carbocycles. The van der Waals surface area contributed by atoms with Gasteiger partial charge in [0.15, 0.2) is 5.82 Å². The molecule has 2 rings (SSSR count). The van der Waals surface area contributed by atoms with Crippen LogP contribution < -0.4 is 5.32 Å². The van der Waals surface area contributed by atoms with E-state index in [-0.39, 0.29) is 23.2 Å². The van der Waals surface area contributed by atoms with Crippen molar-refractivity contribution < 1.29 is 9.53 Å². The average molecular weight is 237 g/mol. The lowest BCUT2D eigenvalue weighted by atomic mass is 9.94. The summed E-state index contributed by atoms with van der Waals surface area (Å²) in [6, 6.07) is -0.00454. The van der Waals surface area contributed by atoms with Crippen molar-refractivity contribution >= 4 is 5.91 Å². The van der Waals surface area contributed by atoms with Crippen molar-refractivity contribution in [1.29, 1.82) is 0 Å². The van der Waals surface area contributed by atoms with Crippen molar-refractivity contribution in [2.24, 2.45) is 0 Å². The van der Waals surface area contributed by atoms with Gasteiger partial charge in [-0.3, -0.25) is 4.79 Å². The molecule has 17 heavy (non-hydrogen) atoms. The summed E-state index contributed by atoms with van der Waals surface area (Å²) in [5.74, 6) is 0.153. The number of rotatable bonds is 2. The highest BCUT2D eigenvalue weighted by atomic mass is 16.5. The van der Waals surface area contributed by atoms with Crippen LogP contribution in [-0.4, -0.2) is 33.1 Å². The first kappa shape index (κ1) is 12.1. The van der Waals surface area contributed by atoms with Gasteiger partial charge in [0.05, 0.1) is 17.2 Å². The van der Waals surface area contributed by atoms with E-state index < -0.39 is 0 Å². The number of imidazole rings is 1. The lowest BCUT2D eigenvalue weighted by molar-refractivity contribution is -0.0693. The van der Waals surface area contributed by atoms with Gasteiger partial charge < -0.3 is 15.0 Å². The summed E-state index contributed by atoms with van der Waals surface area (Å²) in [5.41, 5.74) is -0.559. The van der Waals surface area contributed by atoms with Gasteiger partial charge in [-0.25, -0.2) is 4.98 Å². The van der Waals surface area contributed by atoms with E-state index in [4.69, 9.17) is 4.74 Å². The molecular formula is C12H19N3O2. The van der Waals surface area contributed by atoms with Crippen LogP contribution in [0.2, 0.25) is 0 Å². The minimum atomic E-state index is -0.355. The molecule has 1 fully saturated rings. The second-order valence-corrected chi connectivity index (χ2v) is 5.63. The molecule has 2 heterocycles. The van der Waals surface area contributed by atoms with E-state index in [0.717, 1.165) is 6.42 Å². The largest absolute Gasteiger partial charge is 0.367 e. The van der Waals surface area contributed by atoms with Crippen LogP contribution in [0.25, 0.3) is 0 Å². The van der Waals surface area contributed by atoms with Gasteiger partial charge in [0.1, 0.15) is 0 Å². The molecule has 0 bridgehead atoms. The van der Waals surface area contributed by atoms with Gasteiger partial charge in [0, 0.05) is 12.4 Å². The van der Waals surface area contributed by atoms with E-state index in [1.165, 1.54) is 0 Å². The Hall–Kier alpha value is -1.36. The lowest BCUT2D eigenvalue weighted by Gasteiger charge is -2.27. The molecule has 1 aliphatic rings. The van der Waals surface area contributed by atoms with Crippen LogP contribution in [0.3, 0.4) is 0 Å². The second-order valence-electron chi connectivity index (χ2n) is 5.63. The SMILES string of the molecule is CC1(C)C[C@H](NC(=O)c2ncc[nH]2)C(C)(C)O1. The highest BCUT2D eigenvalue weighted by Gasteiger charge is 2.46. The average Bonchev–Trinajstić information content (AvgIpc) is 2.72. The zero-order valence-corrected chi connectivity index (χ0v) is 10.7. The summed E-state index contributed by atoms with van der Waals surface area (Å²) >= 11 is 0. The highest BCUT2D eigenvalue weighted by molar-refractivity contribution is 5.90. The van der Waals surface area contributed by atoms with Gasteiger partial charge in [-0.05, 0) is 34.1 Å². The molecular weight excluding hydrogens is 218 g/mol. The van der Waals surface area contributed by atoms with Gasteiger partial charge in [-0.15, -0.1) is 0 Å². The van der Waals surface area contributed by atoms with Crippen molar-refractivity contribution in [1.82, 2.24) is 15.3 Å². The maximum Gasteiger partial charge on any atom is 0.287 e. The molecule has 2 N–H and O–H groups in total. The fraction of sp³-hybridized carbons (Fsp3) is 0.667. The standard InChI is InChI=1S/C12H19N3O2/c1-11(2)7-8(12(3,4)17-11)15-10(16)9-13-5-6-14-9/h5-6,8H,7H2,1-4H3,(H,13,14)(H,15,16)/t8-/m0/s1. The van der Waals surface area contributed by atoms with Crippen molar-refractivity contribution in [2.45, 2.75) is 51.4 Å². The number of carbonyl (C=O) groups excluding carboxylic acids is 1. The molecule has 1 atom stereocenters. The van der Waals surface area contributed by atoms with E-state index in [1.807, 2.05) is 27.7 Å². The molecule has 1 aliphatic heterocycles. The summed E-state index contributed by atoms with van der Waals surface area (Å²) in [6.07, 6.45) is 4.00. The van der Waals surface area contributed by atoms with Gasteiger partial charge in [0.25, 0.3) is 5.91 Å². The molecule has 1 aromatic rings. The van der Waals surface area contributed by atoms with E-state index in [0.29, 0.717) is 5.82 Å².